The summed E-state index contributed by atoms with van der Waals surface area (Å²) in [5, 5.41) is 3.54. The first-order chi connectivity index (χ1) is 14.1. The Kier molecular flexibility index (Phi) is 7.40. The number of amides is 1. The summed E-state index contributed by atoms with van der Waals surface area (Å²) in [5.74, 6) is 1.37. The van der Waals surface area contributed by atoms with Gasteiger partial charge in [0.1, 0.15) is 18.1 Å². The standard InChI is InChI=1S/C23H28ClNO4/c1-27-14-15-29-21-11-8-18(16-20(21)24)25-22(26)23(12-4-3-5-13-23)17-6-9-19(28-2)10-7-17/h6-11,16H,3-5,12-15H2,1-2H3,(H,25,26). The van der Waals surface area contributed by atoms with Crippen molar-refractivity contribution in [2.24, 2.45) is 0 Å². The van der Waals surface area contributed by atoms with Gasteiger partial charge in [-0.2, -0.15) is 0 Å². The van der Waals surface area contributed by atoms with Crippen LogP contribution in [0.4, 0.5) is 5.69 Å². The highest BCUT2D eigenvalue weighted by atomic mass is 35.5. The highest BCUT2D eigenvalue weighted by molar-refractivity contribution is 6.32. The number of carbonyl (C=O) groups is 1. The van der Waals surface area contributed by atoms with E-state index in [0.29, 0.717) is 29.7 Å². The van der Waals surface area contributed by atoms with E-state index < -0.39 is 5.41 Å². The Morgan fingerprint density at radius 2 is 1.76 bits per heavy atom. The lowest BCUT2D eigenvalue weighted by Crippen LogP contribution is -2.42. The van der Waals surface area contributed by atoms with Gasteiger partial charge in [-0.1, -0.05) is 43.0 Å². The molecule has 0 atom stereocenters. The van der Waals surface area contributed by atoms with E-state index in [4.69, 9.17) is 25.8 Å². The summed E-state index contributed by atoms with van der Waals surface area (Å²) < 4.78 is 15.8. The van der Waals surface area contributed by atoms with Gasteiger partial charge < -0.3 is 19.5 Å². The van der Waals surface area contributed by atoms with E-state index in [-0.39, 0.29) is 5.91 Å². The van der Waals surface area contributed by atoms with Gasteiger partial charge in [0.15, 0.2) is 0 Å². The van der Waals surface area contributed by atoms with Crippen LogP contribution in [-0.4, -0.2) is 33.3 Å². The van der Waals surface area contributed by atoms with Crippen LogP contribution in [0.2, 0.25) is 5.02 Å². The minimum Gasteiger partial charge on any atom is -0.497 e. The predicted octanol–water partition coefficient (Wildman–Crippen LogP) is 5.21. The zero-order chi connectivity index (χ0) is 20.7. The molecule has 0 radical (unpaired) electrons. The van der Waals surface area contributed by atoms with Crippen LogP contribution in [0.15, 0.2) is 42.5 Å². The largest absolute Gasteiger partial charge is 0.497 e. The molecule has 0 unspecified atom stereocenters. The average molecular weight is 418 g/mol. The fourth-order valence-corrected chi connectivity index (χ4v) is 4.13. The SMILES string of the molecule is COCCOc1ccc(NC(=O)C2(c3ccc(OC)cc3)CCCCC2)cc1Cl. The number of anilines is 1. The Morgan fingerprint density at radius 1 is 1.03 bits per heavy atom. The summed E-state index contributed by atoms with van der Waals surface area (Å²) in [5.41, 5.74) is 1.16. The first-order valence-corrected chi connectivity index (χ1v) is 10.3. The van der Waals surface area contributed by atoms with Crippen LogP contribution in [0.5, 0.6) is 11.5 Å². The summed E-state index contributed by atoms with van der Waals surface area (Å²) in [4.78, 5) is 13.4. The van der Waals surface area contributed by atoms with E-state index in [9.17, 15) is 4.79 Å². The highest BCUT2D eigenvalue weighted by Gasteiger charge is 2.41. The van der Waals surface area contributed by atoms with Gasteiger partial charge in [-0.25, -0.2) is 0 Å². The van der Waals surface area contributed by atoms with Crippen LogP contribution in [0.25, 0.3) is 0 Å². The molecular weight excluding hydrogens is 390 g/mol. The Morgan fingerprint density at radius 3 is 2.38 bits per heavy atom. The highest BCUT2D eigenvalue weighted by Crippen LogP contribution is 2.41. The number of carbonyl (C=O) groups excluding carboxylic acids is 1. The van der Waals surface area contributed by atoms with Gasteiger partial charge in [0.05, 0.1) is 24.2 Å². The zero-order valence-electron chi connectivity index (χ0n) is 17.0. The van der Waals surface area contributed by atoms with E-state index in [0.717, 1.165) is 43.4 Å². The Bertz CT molecular complexity index is 816. The predicted molar refractivity (Wildman–Crippen MR) is 115 cm³/mol. The number of hydrogen-bond donors (Lipinski definition) is 1. The number of methoxy groups -OCH3 is 2. The zero-order valence-corrected chi connectivity index (χ0v) is 17.8. The third-order valence-electron chi connectivity index (χ3n) is 5.52. The molecular formula is C23H28ClNO4. The van der Waals surface area contributed by atoms with Gasteiger partial charge in [0, 0.05) is 12.8 Å². The molecule has 0 bridgehead atoms. The van der Waals surface area contributed by atoms with Crippen LogP contribution in [-0.2, 0) is 14.9 Å². The molecule has 1 saturated carbocycles. The van der Waals surface area contributed by atoms with Gasteiger partial charge in [0.2, 0.25) is 5.91 Å². The van der Waals surface area contributed by atoms with Crippen LogP contribution in [0, 0.1) is 0 Å². The van der Waals surface area contributed by atoms with Crippen molar-refractivity contribution in [3.63, 3.8) is 0 Å². The van der Waals surface area contributed by atoms with Crippen molar-refractivity contribution in [1.29, 1.82) is 0 Å². The summed E-state index contributed by atoms with van der Waals surface area (Å²) in [6, 6.07) is 13.2. The molecule has 2 aromatic rings. The lowest BCUT2D eigenvalue weighted by atomic mass is 9.68. The number of rotatable bonds is 8. The summed E-state index contributed by atoms with van der Waals surface area (Å²) >= 11 is 6.33. The lowest BCUT2D eigenvalue weighted by molar-refractivity contribution is -0.122. The van der Waals surface area contributed by atoms with Gasteiger partial charge in [-0.05, 0) is 48.7 Å². The third kappa shape index (κ3) is 5.03. The number of nitrogens with one attached hydrogen (secondary N) is 1. The van der Waals surface area contributed by atoms with Crippen LogP contribution >= 0.6 is 11.6 Å². The van der Waals surface area contributed by atoms with E-state index in [1.165, 1.54) is 0 Å². The quantitative estimate of drug-likeness (QED) is 0.598. The summed E-state index contributed by atoms with van der Waals surface area (Å²) in [7, 11) is 3.26. The minimum atomic E-state index is -0.537. The molecule has 1 aliphatic rings. The van der Waals surface area contributed by atoms with Crippen molar-refractivity contribution in [2.45, 2.75) is 37.5 Å². The van der Waals surface area contributed by atoms with E-state index in [1.807, 2.05) is 30.3 Å². The number of hydrogen-bond acceptors (Lipinski definition) is 4. The number of ether oxygens (including phenoxy) is 3. The first-order valence-electron chi connectivity index (χ1n) is 9.96. The molecule has 6 heteroatoms. The molecule has 156 valence electrons. The maximum Gasteiger partial charge on any atom is 0.235 e. The van der Waals surface area contributed by atoms with Crippen molar-refractivity contribution in [2.75, 3.05) is 32.8 Å². The Hall–Kier alpha value is -2.24. The van der Waals surface area contributed by atoms with Crippen molar-refractivity contribution >= 4 is 23.2 Å². The minimum absolute atomic E-state index is 0.00600. The molecule has 2 aromatic carbocycles. The van der Waals surface area contributed by atoms with Gasteiger partial charge in [-0.3, -0.25) is 4.79 Å². The molecule has 0 saturated heterocycles. The molecule has 1 fully saturated rings. The maximum atomic E-state index is 13.4. The van der Waals surface area contributed by atoms with Gasteiger partial charge in [-0.15, -0.1) is 0 Å². The second kappa shape index (κ2) is 9.99. The summed E-state index contributed by atoms with van der Waals surface area (Å²) in [6.07, 6.45) is 4.89. The van der Waals surface area contributed by atoms with Crippen molar-refractivity contribution < 1.29 is 19.0 Å². The Balaban J connectivity index is 1.79. The first kappa shape index (κ1) is 21.5. The molecule has 3 rings (SSSR count). The van der Waals surface area contributed by atoms with Crippen molar-refractivity contribution in [1.82, 2.24) is 0 Å². The van der Waals surface area contributed by atoms with E-state index in [2.05, 4.69) is 5.32 Å². The third-order valence-corrected chi connectivity index (χ3v) is 5.81. The van der Waals surface area contributed by atoms with Crippen LogP contribution < -0.4 is 14.8 Å². The average Bonchev–Trinajstić information content (AvgIpc) is 2.76. The second-order valence-electron chi connectivity index (χ2n) is 7.31. The van der Waals surface area contributed by atoms with Crippen LogP contribution in [0.1, 0.15) is 37.7 Å². The molecule has 0 aromatic heterocycles. The fourth-order valence-electron chi connectivity index (χ4n) is 3.89. The normalized spacial score (nSPS) is 15.6. The smallest absolute Gasteiger partial charge is 0.235 e. The van der Waals surface area contributed by atoms with Crippen LogP contribution in [0.3, 0.4) is 0 Å². The fraction of sp³-hybridized carbons (Fsp3) is 0.435. The van der Waals surface area contributed by atoms with Gasteiger partial charge in [0.25, 0.3) is 0 Å². The molecule has 1 aliphatic carbocycles. The lowest BCUT2D eigenvalue weighted by Gasteiger charge is -2.36. The summed E-state index contributed by atoms with van der Waals surface area (Å²) in [6.45, 7) is 0.904. The van der Waals surface area contributed by atoms with Gasteiger partial charge >= 0.3 is 0 Å². The molecule has 0 spiro atoms. The van der Waals surface area contributed by atoms with Crippen molar-refractivity contribution in [3.05, 3.63) is 53.1 Å². The number of benzene rings is 2. The topological polar surface area (TPSA) is 56.8 Å². The Labute approximate surface area is 177 Å². The van der Waals surface area contributed by atoms with Crippen molar-refractivity contribution in [3.8, 4) is 11.5 Å². The molecule has 0 aliphatic heterocycles. The second-order valence-corrected chi connectivity index (χ2v) is 7.72. The molecule has 29 heavy (non-hydrogen) atoms. The molecule has 5 nitrogen and oxygen atoms in total. The van der Waals surface area contributed by atoms with E-state index >= 15 is 0 Å². The molecule has 1 amide bonds. The maximum absolute atomic E-state index is 13.4. The number of halogens is 1. The molecule has 0 heterocycles. The monoisotopic (exact) mass is 417 g/mol. The molecule has 1 N–H and O–H groups in total. The van der Waals surface area contributed by atoms with E-state index in [1.54, 1.807) is 26.4 Å².